The summed E-state index contributed by atoms with van der Waals surface area (Å²) in [6, 6.07) is 10.3. The maximum atomic E-state index is 11.8. The number of nitrogens with one attached hydrogen (secondary N) is 1. The number of hydrogen-bond acceptors (Lipinski definition) is 6. The molecule has 1 saturated heterocycles. The Hall–Kier alpha value is -1.77. The predicted molar refractivity (Wildman–Crippen MR) is 103 cm³/mol. The summed E-state index contributed by atoms with van der Waals surface area (Å²) in [5.41, 5.74) is 1.20. The highest BCUT2D eigenvalue weighted by molar-refractivity contribution is 9.10. The molecule has 0 bridgehead atoms. The van der Waals surface area contributed by atoms with Crippen molar-refractivity contribution in [1.29, 1.82) is 0 Å². The van der Waals surface area contributed by atoms with E-state index < -0.39 is 0 Å². The first kappa shape index (κ1) is 16.7. The smallest absolute Gasteiger partial charge is 0.275 e. The maximum absolute atomic E-state index is 11.8. The molecular weight excluding hydrogens is 402 g/mol. The van der Waals surface area contributed by atoms with E-state index >= 15 is 0 Å². The quantitative estimate of drug-likeness (QED) is 0.703. The summed E-state index contributed by atoms with van der Waals surface area (Å²) in [4.78, 5) is 19.0. The topological polar surface area (TPSA) is 62.5 Å². The summed E-state index contributed by atoms with van der Waals surface area (Å²) in [5, 5.41) is 8.56. The van der Waals surface area contributed by atoms with Crippen LogP contribution in [0.25, 0.3) is 4.96 Å². The van der Waals surface area contributed by atoms with Gasteiger partial charge in [-0.15, -0.1) is 5.10 Å². The summed E-state index contributed by atoms with van der Waals surface area (Å²) < 4.78 is 2.47. The minimum absolute atomic E-state index is 0.140. The van der Waals surface area contributed by atoms with Crippen LogP contribution < -0.4 is 10.9 Å². The van der Waals surface area contributed by atoms with Gasteiger partial charge in [0.2, 0.25) is 10.1 Å². The van der Waals surface area contributed by atoms with Crippen LogP contribution >= 0.6 is 27.3 Å². The molecule has 2 aromatic heterocycles. The number of aromatic nitrogens is 3. The zero-order chi connectivity index (χ0) is 17.2. The van der Waals surface area contributed by atoms with E-state index in [1.165, 1.54) is 33.7 Å². The first-order valence-corrected chi connectivity index (χ1v) is 9.86. The molecule has 0 saturated carbocycles. The molecule has 0 aliphatic carbocycles. The zero-order valence-corrected chi connectivity index (χ0v) is 16.0. The number of nitrogens with zero attached hydrogens (tertiary/aromatic N) is 4. The normalized spacial score (nSPS) is 16.4. The second-order valence-corrected chi connectivity index (χ2v) is 8.08. The van der Waals surface area contributed by atoms with E-state index in [1.54, 1.807) is 0 Å². The predicted octanol–water partition coefficient (Wildman–Crippen LogP) is 2.99. The average molecular weight is 420 g/mol. The van der Waals surface area contributed by atoms with Gasteiger partial charge in [-0.3, -0.25) is 9.69 Å². The lowest BCUT2D eigenvalue weighted by Crippen LogP contribution is -2.38. The maximum Gasteiger partial charge on any atom is 0.275 e. The number of piperidine rings is 1. The fourth-order valence-electron chi connectivity index (χ4n) is 3.06. The van der Waals surface area contributed by atoms with Crippen LogP contribution in [0.5, 0.6) is 0 Å². The van der Waals surface area contributed by atoms with E-state index in [0.717, 1.165) is 42.1 Å². The molecule has 130 valence electrons. The van der Waals surface area contributed by atoms with Crippen molar-refractivity contribution < 1.29 is 0 Å². The Balaban J connectivity index is 1.34. The standard InChI is InChI=1S/C17H18BrN5OS/c18-13-3-1-12(2-4-13)11-22-9-6-14(7-10-22)20-16-21-23-15(24)5-8-19-17(23)25-16/h1-5,8,14H,6-7,9-11H2,(H,20,21). The van der Waals surface area contributed by atoms with Crippen LogP contribution in [0.1, 0.15) is 18.4 Å². The Morgan fingerprint density at radius 3 is 2.68 bits per heavy atom. The van der Waals surface area contributed by atoms with Crippen LogP contribution in [-0.4, -0.2) is 38.6 Å². The number of halogens is 1. The minimum Gasteiger partial charge on any atom is -0.357 e. The number of rotatable bonds is 4. The number of anilines is 1. The van der Waals surface area contributed by atoms with Crippen molar-refractivity contribution in [3.8, 4) is 0 Å². The van der Waals surface area contributed by atoms with E-state index in [2.05, 4.69) is 60.5 Å². The molecule has 0 amide bonds. The third-order valence-electron chi connectivity index (χ3n) is 4.41. The lowest BCUT2D eigenvalue weighted by Gasteiger charge is -2.32. The molecule has 0 unspecified atom stereocenters. The minimum atomic E-state index is -0.140. The van der Waals surface area contributed by atoms with E-state index in [9.17, 15) is 4.79 Å². The van der Waals surface area contributed by atoms with Gasteiger partial charge in [-0.1, -0.05) is 39.4 Å². The molecule has 6 nitrogen and oxygen atoms in total. The van der Waals surface area contributed by atoms with E-state index in [-0.39, 0.29) is 5.56 Å². The molecular formula is C17H18BrN5OS. The first-order valence-electron chi connectivity index (χ1n) is 8.25. The Kier molecular flexibility index (Phi) is 4.82. The van der Waals surface area contributed by atoms with Crippen LogP contribution in [0.15, 0.2) is 45.8 Å². The summed E-state index contributed by atoms with van der Waals surface area (Å²) in [6.07, 6.45) is 3.66. The molecule has 1 N–H and O–H groups in total. The van der Waals surface area contributed by atoms with Crippen LogP contribution in [0, 0.1) is 0 Å². The highest BCUT2D eigenvalue weighted by Gasteiger charge is 2.20. The zero-order valence-electron chi connectivity index (χ0n) is 13.6. The number of benzene rings is 1. The Morgan fingerprint density at radius 1 is 1.20 bits per heavy atom. The SMILES string of the molecule is O=c1ccnc2sc(NC3CCN(Cc4ccc(Br)cc4)CC3)nn12. The van der Waals surface area contributed by atoms with Gasteiger partial charge in [-0.05, 0) is 30.5 Å². The molecule has 0 radical (unpaired) electrons. The summed E-state index contributed by atoms with van der Waals surface area (Å²) >= 11 is 4.90. The molecule has 1 aliphatic rings. The fourth-order valence-corrected chi connectivity index (χ4v) is 4.18. The highest BCUT2D eigenvalue weighted by Crippen LogP contribution is 2.21. The van der Waals surface area contributed by atoms with Crippen molar-refractivity contribution in [2.75, 3.05) is 18.4 Å². The molecule has 25 heavy (non-hydrogen) atoms. The van der Waals surface area contributed by atoms with Crippen LogP contribution in [0.4, 0.5) is 5.13 Å². The molecule has 1 aromatic carbocycles. The Morgan fingerprint density at radius 2 is 1.96 bits per heavy atom. The highest BCUT2D eigenvalue weighted by atomic mass is 79.9. The van der Waals surface area contributed by atoms with Crippen molar-refractivity contribution in [2.24, 2.45) is 0 Å². The number of likely N-dealkylation sites (tertiary alicyclic amines) is 1. The molecule has 4 rings (SSSR count). The third-order valence-corrected chi connectivity index (χ3v) is 5.79. The van der Waals surface area contributed by atoms with Crippen molar-refractivity contribution in [3.05, 3.63) is 56.9 Å². The lowest BCUT2D eigenvalue weighted by molar-refractivity contribution is 0.211. The van der Waals surface area contributed by atoms with Gasteiger partial charge >= 0.3 is 0 Å². The molecule has 3 heterocycles. The molecule has 1 aliphatic heterocycles. The average Bonchev–Trinajstić information content (AvgIpc) is 3.03. The van der Waals surface area contributed by atoms with Gasteiger partial charge in [0.25, 0.3) is 5.56 Å². The van der Waals surface area contributed by atoms with E-state index in [4.69, 9.17) is 0 Å². The Labute approximate surface area is 157 Å². The molecule has 8 heteroatoms. The fraction of sp³-hybridized carbons (Fsp3) is 0.353. The van der Waals surface area contributed by atoms with Crippen molar-refractivity contribution in [1.82, 2.24) is 19.5 Å². The lowest BCUT2D eigenvalue weighted by atomic mass is 10.0. The summed E-state index contributed by atoms with van der Waals surface area (Å²) in [6.45, 7) is 3.09. The van der Waals surface area contributed by atoms with E-state index in [0.29, 0.717) is 11.0 Å². The summed E-state index contributed by atoms with van der Waals surface area (Å²) in [7, 11) is 0. The number of hydrogen-bond donors (Lipinski definition) is 1. The van der Waals surface area contributed by atoms with Gasteiger partial charge in [0, 0.05) is 42.4 Å². The van der Waals surface area contributed by atoms with Crippen LogP contribution in [0.3, 0.4) is 0 Å². The molecule has 0 spiro atoms. The van der Waals surface area contributed by atoms with Gasteiger partial charge in [0.15, 0.2) is 0 Å². The van der Waals surface area contributed by atoms with Gasteiger partial charge < -0.3 is 5.32 Å². The van der Waals surface area contributed by atoms with Crippen molar-refractivity contribution in [3.63, 3.8) is 0 Å². The van der Waals surface area contributed by atoms with Gasteiger partial charge in [-0.25, -0.2) is 4.98 Å². The number of fused-ring (bicyclic) bond motifs is 1. The molecule has 1 fully saturated rings. The van der Waals surface area contributed by atoms with Gasteiger partial charge in [0.1, 0.15) is 0 Å². The van der Waals surface area contributed by atoms with Crippen LogP contribution in [0.2, 0.25) is 0 Å². The van der Waals surface area contributed by atoms with Crippen LogP contribution in [-0.2, 0) is 6.54 Å². The first-order chi connectivity index (χ1) is 12.2. The third kappa shape index (κ3) is 3.91. The second kappa shape index (κ2) is 7.23. The Bertz CT molecular complexity index is 915. The van der Waals surface area contributed by atoms with Gasteiger partial charge in [0.05, 0.1) is 0 Å². The van der Waals surface area contributed by atoms with Gasteiger partial charge in [-0.2, -0.15) is 4.52 Å². The summed E-state index contributed by atoms with van der Waals surface area (Å²) in [5.74, 6) is 0. The monoisotopic (exact) mass is 419 g/mol. The molecule has 0 atom stereocenters. The largest absolute Gasteiger partial charge is 0.357 e. The molecule has 3 aromatic rings. The second-order valence-electron chi connectivity index (χ2n) is 6.21. The van der Waals surface area contributed by atoms with Crippen molar-refractivity contribution in [2.45, 2.75) is 25.4 Å². The van der Waals surface area contributed by atoms with Crippen molar-refractivity contribution >= 4 is 37.4 Å². The van der Waals surface area contributed by atoms with E-state index in [1.807, 2.05) is 0 Å².